The van der Waals surface area contributed by atoms with Crippen LogP contribution in [0, 0.1) is 5.92 Å². The van der Waals surface area contributed by atoms with Crippen LogP contribution in [0.1, 0.15) is 73.1 Å². The number of hydrogen-bond donors (Lipinski definition) is 2. The fraction of sp³-hybridized carbons (Fsp3) is 0.909. The van der Waals surface area contributed by atoms with Crippen LogP contribution in [0.2, 0.25) is 0 Å². The number of guanidine groups is 1. The summed E-state index contributed by atoms with van der Waals surface area (Å²) in [5.74, 6) is 1.91. The van der Waals surface area contributed by atoms with E-state index < -0.39 is 16.4 Å². The molecule has 7 nitrogen and oxygen atoms in total. The molecule has 0 bridgehead atoms. The molecule has 0 aromatic heterocycles. The third-order valence-electron chi connectivity index (χ3n) is 5.65. The maximum atomic E-state index is 12.4. The van der Waals surface area contributed by atoms with Gasteiger partial charge in [0.2, 0.25) is 0 Å². The minimum Gasteiger partial charge on any atom is -0.444 e. The summed E-state index contributed by atoms with van der Waals surface area (Å²) in [5.41, 5.74) is -0.469. The van der Waals surface area contributed by atoms with Gasteiger partial charge in [0.1, 0.15) is 5.60 Å². The van der Waals surface area contributed by atoms with Gasteiger partial charge in [-0.3, -0.25) is 9.20 Å². The number of hydrogen-bond acceptors (Lipinski definition) is 4. The van der Waals surface area contributed by atoms with E-state index in [1.165, 1.54) is 0 Å². The molecule has 1 amide bonds. The van der Waals surface area contributed by atoms with Crippen LogP contribution < -0.4 is 10.6 Å². The van der Waals surface area contributed by atoms with Crippen molar-refractivity contribution in [1.29, 1.82) is 0 Å². The van der Waals surface area contributed by atoms with Crippen LogP contribution in [0.15, 0.2) is 4.99 Å². The average molecular weight is 443 g/mol. The molecule has 1 saturated carbocycles. The molecule has 30 heavy (non-hydrogen) atoms. The van der Waals surface area contributed by atoms with E-state index in [1.54, 1.807) is 0 Å². The van der Waals surface area contributed by atoms with Crippen molar-refractivity contribution < 1.29 is 13.7 Å². The quantitative estimate of drug-likeness (QED) is 0.487. The highest BCUT2D eigenvalue weighted by Gasteiger charge is 2.28. The second kappa shape index (κ2) is 11.9. The Bertz CT molecular complexity index is 606. The molecule has 2 rings (SSSR count). The number of rotatable bonds is 6. The van der Waals surface area contributed by atoms with Crippen LogP contribution in [0.3, 0.4) is 0 Å². The average Bonchev–Trinajstić information content (AvgIpc) is 2.71. The number of likely N-dealkylation sites (tertiary alicyclic amines) is 1. The molecule has 2 fully saturated rings. The predicted molar refractivity (Wildman–Crippen MR) is 124 cm³/mol. The van der Waals surface area contributed by atoms with Crippen molar-refractivity contribution in [3.8, 4) is 0 Å². The molecule has 0 spiro atoms. The van der Waals surface area contributed by atoms with E-state index in [2.05, 4.69) is 17.6 Å². The maximum Gasteiger partial charge on any atom is 0.410 e. The van der Waals surface area contributed by atoms with Crippen LogP contribution in [-0.4, -0.2) is 70.0 Å². The third-order valence-corrected chi connectivity index (χ3v) is 7.39. The number of nitrogens with one attached hydrogen (secondary N) is 2. The molecule has 0 aromatic carbocycles. The van der Waals surface area contributed by atoms with Gasteiger partial charge in [-0.05, 0) is 65.7 Å². The van der Waals surface area contributed by atoms with Gasteiger partial charge < -0.3 is 20.3 Å². The molecule has 4 atom stereocenters. The van der Waals surface area contributed by atoms with Crippen molar-refractivity contribution in [3.05, 3.63) is 0 Å². The van der Waals surface area contributed by atoms with Gasteiger partial charge in [0.25, 0.3) is 0 Å². The van der Waals surface area contributed by atoms with E-state index in [0.29, 0.717) is 30.3 Å². The largest absolute Gasteiger partial charge is 0.444 e. The van der Waals surface area contributed by atoms with E-state index in [1.807, 2.05) is 32.6 Å². The summed E-state index contributed by atoms with van der Waals surface area (Å²) in [6, 6.07) is 0.321. The molecule has 2 aliphatic rings. The normalized spacial score (nSPS) is 26.8. The van der Waals surface area contributed by atoms with Crippen LogP contribution in [-0.2, 0) is 15.5 Å². The van der Waals surface area contributed by atoms with Gasteiger partial charge in [0.05, 0.1) is 0 Å². The molecule has 2 N–H and O–H groups in total. The third kappa shape index (κ3) is 8.44. The first-order valence-corrected chi connectivity index (χ1v) is 13.0. The van der Waals surface area contributed by atoms with Crippen LogP contribution >= 0.6 is 0 Å². The van der Waals surface area contributed by atoms with Crippen molar-refractivity contribution in [2.24, 2.45) is 10.9 Å². The van der Waals surface area contributed by atoms with Crippen molar-refractivity contribution in [2.75, 3.05) is 31.9 Å². The lowest BCUT2D eigenvalue weighted by atomic mass is 9.95. The number of carbonyl (C=O) groups is 1. The van der Waals surface area contributed by atoms with Crippen LogP contribution in [0.4, 0.5) is 4.79 Å². The van der Waals surface area contributed by atoms with Crippen molar-refractivity contribution in [1.82, 2.24) is 15.5 Å². The molecule has 1 saturated heterocycles. The molecule has 1 aliphatic carbocycles. The Labute approximate surface area is 185 Å². The van der Waals surface area contributed by atoms with E-state index >= 15 is 0 Å². The van der Waals surface area contributed by atoms with E-state index in [9.17, 15) is 9.00 Å². The fourth-order valence-corrected chi connectivity index (χ4v) is 5.54. The Kier molecular flexibility index (Phi) is 9.91. The zero-order valence-electron chi connectivity index (χ0n) is 19.5. The van der Waals surface area contributed by atoms with Crippen molar-refractivity contribution >= 4 is 22.9 Å². The number of aliphatic imine (C=N–C) groups is 1. The van der Waals surface area contributed by atoms with Gasteiger partial charge in [-0.2, -0.15) is 0 Å². The number of piperidine rings is 1. The fourth-order valence-electron chi connectivity index (χ4n) is 4.19. The summed E-state index contributed by atoms with van der Waals surface area (Å²) >= 11 is 0. The standard InChI is InChI=1S/C22H42N4O3S/c1-6-23-20(25-18-11-8-12-19(14-18)30(28)7-2)24-15-17-10-9-13-26(16-17)21(27)29-22(3,4)5/h17-19H,6-16H2,1-5H3,(H2,23,24,25). The molecule has 1 aliphatic heterocycles. The minimum atomic E-state index is -0.726. The number of nitrogens with zero attached hydrogens (tertiary/aromatic N) is 2. The summed E-state index contributed by atoms with van der Waals surface area (Å²) in [5, 5.41) is 7.22. The molecule has 1 heterocycles. The molecule has 0 radical (unpaired) electrons. The lowest BCUT2D eigenvalue weighted by molar-refractivity contribution is 0.0170. The van der Waals surface area contributed by atoms with Gasteiger partial charge >= 0.3 is 6.09 Å². The van der Waals surface area contributed by atoms with Gasteiger partial charge in [-0.15, -0.1) is 0 Å². The molecule has 8 heteroatoms. The maximum absolute atomic E-state index is 12.4. The zero-order chi connectivity index (χ0) is 22.1. The van der Waals surface area contributed by atoms with E-state index in [4.69, 9.17) is 9.73 Å². The molecule has 0 aromatic rings. The number of ether oxygens (including phenoxy) is 1. The number of carbonyl (C=O) groups excluding carboxylic acids is 1. The lowest BCUT2D eigenvalue weighted by Crippen LogP contribution is -2.47. The van der Waals surface area contributed by atoms with Gasteiger partial charge in [-0.1, -0.05) is 13.3 Å². The Morgan fingerprint density at radius 3 is 2.63 bits per heavy atom. The summed E-state index contributed by atoms with van der Waals surface area (Å²) in [7, 11) is -0.726. The topological polar surface area (TPSA) is 83.0 Å². The molecular formula is C22H42N4O3S. The van der Waals surface area contributed by atoms with Gasteiger partial charge in [0.15, 0.2) is 5.96 Å². The van der Waals surface area contributed by atoms with Gasteiger partial charge in [-0.25, -0.2) is 4.79 Å². The Hall–Kier alpha value is -1.31. The monoisotopic (exact) mass is 442 g/mol. The first-order chi connectivity index (χ1) is 14.2. The zero-order valence-corrected chi connectivity index (χ0v) is 20.4. The Morgan fingerprint density at radius 2 is 1.97 bits per heavy atom. The van der Waals surface area contributed by atoms with Crippen LogP contribution in [0.5, 0.6) is 0 Å². The Morgan fingerprint density at radius 1 is 1.20 bits per heavy atom. The smallest absolute Gasteiger partial charge is 0.410 e. The minimum absolute atomic E-state index is 0.224. The second-order valence-electron chi connectivity index (χ2n) is 9.45. The van der Waals surface area contributed by atoms with Gasteiger partial charge in [0, 0.05) is 54.0 Å². The van der Waals surface area contributed by atoms with E-state index in [0.717, 1.165) is 63.3 Å². The Balaban J connectivity index is 1.90. The second-order valence-corrected chi connectivity index (χ2v) is 11.5. The highest BCUT2D eigenvalue weighted by Crippen LogP contribution is 2.23. The number of amides is 1. The lowest BCUT2D eigenvalue weighted by Gasteiger charge is -2.34. The van der Waals surface area contributed by atoms with Crippen molar-refractivity contribution in [3.63, 3.8) is 0 Å². The first-order valence-electron chi connectivity index (χ1n) is 11.6. The molecule has 4 unspecified atom stereocenters. The molecular weight excluding hydrogens is 400 g/mol. The highest BCUT2D eigenvalue weighted by atomic mass is 32.2. The summed E-state index contributed by atoms with van der Waals surface area (Å²) in [4.78, 5) is 19.0. The summed E-state index contributed by atoms with van der Waals surface area (Å²) in [6.45, 7) is 12.7. The summed E-state index contributed by atoms with van der Waals surface area (Å²) in [6.07, 6.45) is 6.05. The summed E-state index contributed by atoms with van der Waals surface area (Å²) < 4.78 is 17.8. The van der Waals surface area contributed by atoms with E-state index in [-0.39, 0.29) is 6.09 Å². The van der Waals surface area contributed by atoms with Crippen molar-refractivity contribution in [2.45, 2.75) is 90.0 Å². The molecule has 174 valence electrons. The highest BCUT2D eigenvalue weighted by molar-refractivity contribution is 7.85. The predicted octanol–water partition coefficient (Wildman–Crippen LogP) is 3.27. The SMILES string of the molecule is CCNC(=NCC1CCCN(C(=O)OC(C)(C)C)C1)NC1CCCC(S(=O)CC)C1. The first kappa shape index (κ1) is 25.0. The van der Waals surface area contributed by atoms with Crippen LogP contribution in [0.25, 0.3) is 0 Å².